The minimum absolute atomic E-state index is 0.0288. The summed E-state index contributed by atoms with van der Waals surface area (Å²) in [5.74, 6) is -0.482. The number of hydrogen-bond donors (Lipinski definition) is 1. The predicted octanol–water partition coefficient (Wildman–Crippen LogP) is 2.87. The molecule has 0 aliphatic rings. The van der Waals surface area contributed by atoms with E-state index in [2.05, 4.69) is 9.72 Å². The lowest BCUT2D eigenvalue weighted by molar-refractivity contribution is -0.0498. The van der Waals surface area contributed by atoms with Crippen LogP contribution in [0.1, 0.15) is 17.2 Å². The first kappa shape index (κ1) is 13.4. The molecule has 0 spiro atoms. The summed E-state index contributed by atoms with van der Waals surface area (Å²) in [6.45, 7) is -2.88. The summed E-state index contributed by atoms with van der Waals surface area (Å²) in [6, 6.07) is 6.54. The van der Waals surface area contributed by atoms with Crippen molar-refractivity contribution in [2.24, 2.45) is 5.73 Å². The van der Waals surface area contributed by atoms with E-state index in [0.717, 1.165) is 6.20 Å². The molecule has 1 unspecified atom stereocenters. The van der Waals surface area contributed by atoms with Gasteiger partial charge in [-0.3, -0.25) is 4.98 Å². The third-order valence-corrected chi connectivity index (χ3v) is 2.60. The van der Waals surface area contributed by atoms with Crippen LogP contribution in [0.3, 0.4) is 0 Å². The van der Waals surface area contributed by atoms with Crippen molar-refractivity contribution in [3.63, 3.8) is 0 Å². The van der Waals surface area contributed by atoms with Gasteiger partial charge in [0.15, 0.2) is 0 Å². The highest BCUT2D eigenvalue weighted by Gasteiger charge is 2.13. The second kappa shape index (κ2) is 5.71. The second-order valence-electron chi connectivity index (χ2n) is 3.82. The van der Waals surface area contributed by atoms with Crippen molar-refractivity contribution in [1.82, 2.24) is 4.98 Å². The van der Waals surface area contributed by atoms with E-state index in [1.54, 1.807) is 0 Å². The van der Waals surface area contributed by atoms with Crippen molar-refractivity contribution < 1.29 is 17.9 Å². The lowest BCUT2D eigenvalue weighted by atomic mass is 10.0. The Kier molecular flexibility index (Phi) is 4.01. The molecule has 0 amide bonds. The number of halogens is 3. The maximum Gasteiger partial charge on any atom is 0.387 e. The van der Waals surface area contributed by atoms with E-state index in [0.29, 0.717) is 5.56 Å². The Balaban J connectivity index is 2.20. The van der Waals surface area contributed by atoms with Crippen molar-refractivity contribution >= 4 is 0 Å². The molecule has 19 heavy (non-hydrogen) atoms. The van der Waals surface area contributed by atoms with E-state index in [9.17, 15) is 13.2 Å². The van der Waals surface area contributed by atoms with Gasteiger partial charge in [0.2, 0.25) is 0 Å². The van der Waals surface area contributed by atoms with Gasteiger partial charge >= 0.3 is 6.61 Å². The van der Waals surface area contributed by atoms with Crippen LogP contribution >= 0.6 is 0 Å². The Bertz CT molecular complexity index is 546. The summed E-state index contributed by atoms with van der Waals surface area (Å²) in [7, 11) is 0. The molecule has 2 N–H and O–H groups in total. The normalized spacial score (nSPS) is 12.5. The van der Waals surface area contributed by atoms with Gasteiger partial charge in [0.1, 0.15) is 11.6 Å². The van der Waals surface area contributed by atoms with Crippen molar-refractivity contribution in [1.29, 1.82) is 0 Å². The monoisotopic (exact) mass is 268 g/mol. The maximum absolute atomic E-state index is 13.5. The molecule has 1 aromatic heterocycles. The Labute approximate surface area is 107 Å². The van der Waals surface area contributed by atoms with Gasteiger partial charge in [-0.05, 0) is 23.8 Å². The van der Waals surface area contributed by atoms with Crippen LogP contribution in [-0.2, 0) is 0 Å². The van der Waals surface area contributed by atoms with Gasteiger partial charge in [-0.25, -0.2) is 4.39 Å². The number of pyridine rings is 1. The Morgan fingerprint density at radius 2 is 1.79 bits per heavy atom. The fourth-order valence-corrected chi connectivity index (χ4v) is 1.67. The zero-order valence-corrected chi connectivity index (χ0v) is 9.76. The van der Waals surface area contributed by atoms with Gasteiger partial charge in [-0.2, -0.15) is 8.78 Å². The zero-order chi connectivity index (χ0) is 13.8. The van der Waals surface area contributed by atoms with Gasteiger partial charge in [0, 0.05) is 11.8 Å². The predicted molar refractivity (Wildman–Crippen MR) is 63.3 cm³/mol. The van der Waals surface area contributed by atoms with Gasteiger partial charge in [-0.1, -0.05) is 12.1 Å². The first-order valence-electron chi connectivity index (χ1n) is 5.47. The number of nitrogens with zero attached hydrogens (tertiary/aromatic N) is 1. The van der Waals surface area contributed by atoms with Crippen LogP contribution in [0.4, 0.5) is 13.2 Å². The highest BCUT2D eigenvalue weighted by atomic mass is 19.3. The molecule has 2 rings (SSSR count). The molecule has 1 heterocycles. The molecule has 6 heteroatoms. The molecule has 0 saturated heterocycles. The van der Waals surface area contributed by atoms with Crippen molar-refractivity contribution in [3.8, 4) is 5.75 Å². The molecule has 0 bridgehead atoms. The quantitative estimate of drug-likeness (QED) is 0.927. The Morgan fingerprint density at radius 1 is 1.11 bits per heavy atom. The summed E-state index contributed by atoms with van der Waals surface area (Å²) in [5, 5.41) is 0. The zero-order valence-electron chi connectivity index (χ0n) is 9.76. The van der Waals surface area contributed by atoms with Crippen LogP contribution in [0.2, 0.25) is 0 Å². The number of benzene rings is 1. The fourth-order valence-electron chi connectivity index (χ4n) is 1.67. The average Bonchev–Trinajstić information content (AvgIpc) is 2.39. The van der Waals surface area contributed by atoms with Gasteiger partial charge in [0.25, 0.3) is 0 Å². The first-order valence-corrected chi connectivity index (χ1v) is 5.47. The van der Waals surface area contributed by atoms with Gasteiger partial charge in [-0.15, -0.1) is 0 Å². The van der Waals surface area contributed by atoms with Crippen LogP contribution in [0.25, 0.3) is 0 Å². The number of aromatic nitrogens is 1. The minimum atomic E-state index is -2.88. The molecule has 0 aliphatic carbocycles. The van der Waals surface area contributed by atoms with E-state index in [1.165, 1.54) is 36.5 Å². The maximum atomic E-state index is 13.5. The molecule has 0 aliphatic heterocycles. The molecule has 0 radical (unpaired) electrons. The molecule has 0 fully saturated rings. The van der Waals surface area contributed by atoms with E-state index in [4.69, 9.17) is 5.73 Å². The lowest BCUT2D eigenvalue weighted by Gasteiger charge is -2.13. The third-order valence-electron chi connectivity index (χ3n) is 2.60. The summed E-state index contributed by atoms with van der Waals surface area (Å²) < 4.78 is 41.7. The van der Waals surface area contributed by atoms with Crippen LogP contribution in [0.15, 0.2) is 42.7 Å². The fraction of sp³-hybridized carbons (Fsp3) is 0.154. The van der Waals surface area contributed by atoms with Crippen LogP contribution < -0.4 is 10.5 Å². The molecular formula is C13H11F3N2O. The van der Waals surface area contributed by atoms with Gasteiger partial charge < -0.3 is 10.5 Å². The summed E-state index contributed by atoms with van der Waals surface area (Å²) in [6.07, 6.45) is 2.51. The molecular weight excluding hydrogens is 257 g/mol. The summed E-state index contributed by atoms with van der Waals surface area (Å²) in [5.41, 5.74) is 6.79. The third kappa shape index (κ3) is 3.23. The lowest BCUT2D eigenvalue weighted by Crippen LogP contribution is -2.13. The smallest absolute Gasteiger partial charge is 0.387 e. The van der Waals surface area contributed by atoms with E-state index in [1.807, 2.05) is 0 Å². The number of hydrogen-bond acceptors (Lipinski definition) is 3. The van der Waals surface area contributed by atoms with E-state index >= 15 is 0 Å². The van der Waals surface area contributed by atoms with Gasteiger partial charge in [0.05, 0.1) is 12.2 Å². The average molecular weight is 268 g/mol. The Morgan fingerprint density at radius 3 is 2.37 bits per heavy atom. The minimum Gasteiger partial charge on any atom is -0.435 e. The number of alkyl halides is 2. The highest BCUT2D eigenvalue weighted by molar-refractivity contribution is 5.34. The summed E-state index contributed by atoms with van der Waals surface area (Å²) >= 11 is 0. The highest BCUT2D eigenvalue weighted by Crippen LogP contribution is 2.24. The molecule has 100 valence electrons. The molecule has 2 aromatic rings. The van der Waals surface area contributed by atoms with Crippen LogP contribution in [0.5, 0.6) is 5.75 Å². The number of ether oxygens (including phenoxy) is 1. The van der Waals surface area contributed by atoms with Crippen molar-refractivity contribution in [2.45, 2.75) is 12.7 Å². The number of rotatable bonds is 4. The second-order valence-corrected chi connectivity index (χ2v) is 3.82. The standard InChI is InChI=1S/C13H11F3N2O/c14-11-7-18-6-5-10(11)12(17)8-1-3-9(4-2-8)19-13(15)16/h1-7,12-13H,17H2. The summed E-state index contributed by atoms with van der Waals surface area (Å²) in [4.78, 5) is 3.63. The van der Waals surface area contributed by atoms with Crippen LogP contribution in [-0.4, -0.2) is 11.6 Å². The van der Waals surface area contributed by atoms with Crippen LogP contribution in [0, 0.1) is 5.82 Å². The van der Waals surface area contributed by atoms with Crippen molar-refractivity contribution in [2.75, 3.05) is 0 Å². The Hall–Kier alpha value is -2.08. The SMILES string of the molecule is NC(c1ccc(OC(F)F)cc1)c1ccncc1F. The molecule has 1 aromatic carbocycles. The molecule has 0 saturated carbocycles. The number of nitrogens with two attached hydrogens (primary N) is 1. The topological polar surface area (TPSA) is 48.1 Å². The largest absolute Gasteiger partial charge is 0.435 e. The van der Waals surface area contributed by atoms with E-state index in [-0.39, 0.29) is 11.3 Å². The first-order chi connectivity index (χ1) is 9.08. The molecule has 3 nitrogen and oxygen atoms in total. The molecule has 1 atom stereocenters. The van der Waals surface area contributed by atoms with E-state index < -0.39 is 18.5 Å². The van der Waals surface area contributed by atoms with Crippen molar-refractivity contribution in [3.05, 3.63) is 59.7 Å².